The van der Waals surface area contributed by atoms with Crippen LogP contribution in [0.4, 0.5) is 5.69 Å². The molecular formula is C20H26N4O. The lowest BCUT2D eigenvalue weighted by molar-refractivity contribution is -0.126. The first-order chi connectivity index (χ1) is 12.2. The van der Waals surface area contributed by atoms with Crippen LogP contribution in [-0.4, -0.2) is 46.3 Å². The molecule has 0 saturated carbocycles. The van der Waals surface area contributed by atoms with Crippen LogP contribution in [-0.2, 0) is 4.79 Å². The van der Waals surface area contributed by atoms with E-state index in [1.165, 1.54) is 5.56 Å². The van der Waals surface area contributed by atoms with Gasteiger partial charge in [-0.05, 0) is 50.3 Å². The third-order valence-electron chi connectivity index (χ3n) is 5.52. The summed E-state index contributed by atoms with van der Waals surface area (Å²) < 4.78 is 2.10. The van der Waals surface area contributed by atoms with Crippen LogP contribution in [0.25, 0.3) is 0 Å². The Labute approximate surface area is 149 Å². The molecule has 0 spiro atoms. The molecule has 0 bridgehead atoms. The van der Waals surface area contributed by atoms with Gasteiger partial charge in [-0.1, -0.05) is 18.2 Å². The number of carbonyl (C=O) groups excluding carboxylic acids is 1. The van der Waals surface area contributed by atoms with Crippen LogP contribution in [0.5, 0.6) is 0 Å². The zero-order valence-corrected chi connectivity index (χ0v) is 14.8. The zero-order chi connectivity index (χ0) is 17.2. The van der Waals surface area contributed by atoms with Crippen molar-refractivity contribution in [2.75, 3.05) is 24.5 Å². The number of nitrogens with zero attached hydrogens (tertiary/aromatic N) is 4. The summed E-state index contributed by atoms with van der Waals surface area (Å²) in [6.07, 6.45) is 8.24. The van der Waals surface area contributed by atoms with E-state index in [0.717, 1.165) is 51.0 Å². The molecule has 2 saturated heterocycles. The Hall–Kier alpha value is -2.14. The molecule has 5 heteroatoms. The highest BCUT2D eigenvalue weighted by Gasteiger charge is 2.35. The van der Waals surface area contributed by atoms with E-state index in [-0.39, 0.29) is 11.9 Å². The Morgan fingerprint density at radius 1 is 1.04 bits per heavy atom. The molecule has 2 aliphatic heterocycles. The summed E-state index contributed by atoms with van der Waals surface area (Å²) in [5.74, 6) is 0.269. The Bertz CT molecular complexity index is 718. The molecule has 1 amide bonds. The summed E-state index contributed by atoms with van der Waals surface area (Å²) in [6, 6.07) is 10.6. The van der Waals surface area contributed by atoms with E-state index in [1.807, 2.05) is 41.4 Å². The predicted molar refractivity (Wildman–Crippen MR) is 98.6 cm³/mol. The van der Waals surface area contributed by atoms with Crippen molar-refractivity contribution < 1.29 is 4.79 Å². The molecule has 1 unspecified atom stereocenters. The van der Waals surface area contributed by atoms with Crippen molar-refractivity contribution in [3.63, 3.8) is 0 Å². The Kier molecular flexibility index (Phi) is 4.57. The number of aryl methyl sites for hydroxylation is 1. The van der Waals surface area contributed by atoms with Crippen molar-refractivity contribution in [1.82, 2.24) is 14.7 Å². The van der Waals surface area contributed by atoms with Gasteiger partial charge in [0, 0.05) is 31.5 Å². The molecule has 0 radical (unpaired) electrons. The fraction of sp³-hybridized carbons (Fsp3) is 0.500. The average Bonchev–Trinajstić information content (AvgIpc) is 3.09. The molecule has 5 nitrogen and oxygen atoms in total. The van der Waals surface area contributed by atoms with Crippen LogP contribution >= 0.6 is 0 Å². The first kappa shape index (κ1) is 16.3. The van der Waals surface area contributed by atoms with E-state index in [2.05, 4.69) is 27.8 Å². The van der Waals surface area contributed by atoms with Gasteiger partial charge in [-0.15, -0.1) is 0 Å². The molecule has 25 heavy (non-hydrogen) atoms. The minimum atomic E-state index is 0.0364. The maximum Gasteiger partial charge on any atom is 0.244 e. The van der Waals surface area contributed by atoms with E-state index in [9.17, 15) is 4.79 Å². The van der Waals surface area contributed by atoms with Gasteiger partial charge in [0.15, 0.2) is 0 Å². The summed E-state index contributed by atoms with van der Waals surface area (Å²) in [5.41, 5.74) is 2.24. The van der Waals surface area contributed by atoms with Gasteiger partial charge in [-0.3, -0.25) is 14.4 Å². The molecule has 1 aromatic carbocycles. The lowest BCUT2D eigenvalue weighted by Gasteiger charge is -2.41. The molecule has 2 aromatic rings. The van der Waals surface area contributed by atoms with Crippen LogP contribution in [0, 0.1) is 6.92 Å². The SMILES string of the molecule is Cc1cnn(C2CCN(C3CCCN(c4ccccc4)C3=O)CC2)c1. The van der Waals surface area contributed by atoms with Gasteiger partial charge in [0.2, 0.25) is 5.91 Å². The van der Waals surface area contributed by atoms with Crippen LogP contribution in [0.2, 0.25) is 0 Å². The van der Waals surface area contributed by atoms with Crippen LogP contribution < -0.4 is 4.90 Å². The first-order valence-electron chi connectivity index (χ1n) is 9.33. The molecule has 2 aliphatic rings. The van der Waals surface area contributed by atoms with Crippen molar-refractivity contribution in [2.45, 2.75) is 44.7 Å². The number of piperidine rings is 2. The number of anilines is 1. The Morgan fingerprint density at radius 2 is 1.80 bits per heavy atom. The fourth-order valence-corrected chi connectivity index (χ4v) is 4.15. The fourth-order valence-electron chi connectivity index (χ4n) is 4.15. The van der Waals surface area contributed by atoms with Gasteiger partial charge >= 0.3 is 0 Å². The number of rotatable bonds is 3. The number of hydrogen-bond acceptors (Lipinski definition) is 3. The van der Waals surface area contributed by atoms with Gasteiger partial charge in [0.05, 0.1) is 18.3 Å². The minimum Gasteiger partial charge on any atom is -0.311 e. The van der Waals surface area contributed by atoms with Crippen LogP contribution in [0.15, 0.2) is 42.7 Å². The predicted octanol–water partition coefficient (Wildman–Crippen LogP) is 3.02. The third-order valence-corrected chi connectivity index (χ3v) is 5.52. The van der Waals surface area contributed by atoms with Gasteiger partial charge in [-0.25, -0.2) is 0 Å². The van der Waals surface area contributed by atoms with Crippen LogP contribution in [0.3, 0.4) is 0 Å². The normalized spacial score (nSPS) is 23.2. The van der Waals surface area contributed by atoms with Crippen molar-refractivity contribution in [3.8, 4) is 0 Å². The lowest BCUT2D eigenvalue weighted by atomic mass is 9.97. The highest BCUT2D eigenvalue weighted by atomic mass is 16.2. The second-order valence-corrected chi connectivity index (χ2v) is 7.25. The molecule has 1 atom stereocenters. The molecule has 2 fully saturated rings. The number of hydrogen-bond donors (Lipinski definition) is 0. The second kappa shape index (κ2) is 7.00. The van der Waals surface area contributed by atoms with E-state index in [0.29, 0.717) is 6.04 Å². The van der Waals surface area contributed by atoms with E-state index < -0.39 is 0 Å². The number of amides is 1. The van der Waals surface area contributed by atoms with Crippen molar-refractivity contribution in [2.24, 2.45) is 0 Å². The van der Waals surface area contributed by atoms with Crippen molar-refractivity contribution >= 4 is 11.6 Å². The molecule has 3 heterocycles. The van der Waals surface area contributed by atoms with Crippen molar-refractivity contribution in [1.29, 1.82) is 0 Å². The maximum atomic E-state index is 13.0. The summed E-state index contributed by atoms with van der Waals surface area (Å²) >= 11 is 0. The Balaban J connectivity index is 1.41. The highest BCUT2D eigenvalue weighted by molar-refractivity contribution is 5.97. The number of aromatic nitrogens is 2. The quantitative estimate of drug-likeness (QED) is 0.864. The Morgan fingerprint density at radius 3 is 2.48 bits per heavy atom. The molecule has 132 valence electrons. The number of carbonyl (C=O) groups is 1. The molecular weight excluding hydrogens is 312 g/mol. The maximum absolute atomic E-state index is 13.0. The lowest BCUT2D eigenvalue weighted by Crippen LogP contribution is -2.54. The molecule has 4 rings (SSSR count). The minimum absolute atomic E-state index is 0.0364. The van der Waals surface area contributed by atoms with E-state index in [1.54, 1.807) is 0 Å². The highest BCUT2D eigenvalue weighted by Crippen LogP contribution is 2.28. The molecule has 1 aromatic heterocycles. The smallest absolute Gasteiger partial charge is 0.244 e. The second-order valence-electron chi connectivity index (χ2n) is 7.25. The monoisotopic (exact) mass is 338 g/mol. The molecule has 0 N–H and O–H groups in total. The molecule has 0 aliphatic carbocycles. The van der Waals surface area contributed by atoms with E-state index >= 15 is 0 Å². The number of likely N-dealkylation sites (tertiary alicyclic amines) is 1. The average molecular weight is 338 g/mol. The van der Waals surface area contributed by atoms with Gasteiger partial charge in [-0.2, -0.15) is 5.10 Å². The number of benzene rings is 1. The summed E-state index contributed by atoms with van der Waals surface area (Å²) in [7, 11) is 0. The van der Waals surface area contributed by atoms with Crippen molar-refractivity contribution in [3.05, 3.63) is 48.3 Å². The first-order valence-corrected chi connectivity index (χ1v) is 9.33. The van der Waals surface area contributed by atoms with Crippen LogP contribution in [0.1, 0.15) is 37.3 Å². The largest absolute Gasteiger partial charge is 0.311 e. The van der Waals surface area contributed by atoms with Gasteiger partial charge < -0.3 is 4.90 Å². The summed E-state index contributed by atoms with van der Waals surface area (Å²) in [5, 5.41) is 4.47. The van der Waals surface area contributed by atoms with Gasteiger partial charge in [0.25, 0.3) is 0 Å². The topological polar surface area (TPSA) is 41.4 Å². The standard InChI is InChI=1S/C20H26N4O/c1-16-14-21-24(15-16)18-9-12-22(13-10-18)19-8-5-11-23(20(19)25)17-6-3-2-4-7-17/h2-4,6-7,14-15,18-19H,5,8-13H2,1H3. The summed E-state index contributed by atoms with van der Waals surface area (Å²) in [4.78, 5) is 17.4. The number of para-hydroxylation sites is 1. The third kappa shape index (κ3) is 3.33. The van der Waals surface area contributed by atoms with Gasteiger partial charge in [0.1, 0.15) is 0 Å². The summed E-state index contributed by atoms with van der Waals surface area (Å²) in [6.45, 7) is 4.87. The van der Waals surface area contributed by atoms with E-state index in [4.69, 9.17) is 0 Å². The zero-order valence-electron chi connectivity index (χ0n) is 14.8.